The normalized spacial score (nSPS) is 11.5. The minimum absolute atomic E-state index is 0. The summed E-state index contributed by atoms with van der Waals surface area (Å²) in [5.41, 5.74) is 4.39. The van der Waals surface area contributed by atoms with Gasteiger partial charge in [-0.25, -0.2) is 5.57 Å². The third kappa shape index (κ3) is 22.9. The number of aliphatic carboxylic acids is 1. The summed E-state index contributed by atoms with van der Waals surface area (Å²) >= 11 is 0. The SMILES string of the molecule is CC(=O)O.CC1=[C-]C(C)(C)C(C)=C1C.[CH3-].[CH3-].[Ti].[c-]1ccccc1.[c-]1ccccc1.[c-]1ccccc1. The number of carbonyl (C=O) groups is 1. The Morgan fingerprint density at radius 3 is 1.00 bits per heavy atom. The second-order valence-corrected chi connectivity index (χ2v) is 7.38. The minimum Gasteiger partial charge on any atom is -0.481 e. The van der Waals surface area contributed by atoms with Crippen LogP contribution in [0.25, 0.3) is 0 Å². The van der Waals surface area contributed by atoms with Crippen LogP contribution in [-0.2, 0) is 26.5 Å². The van der Waals surface area contributed by atoms with Crippen LogP contribution < -0.4 is 0 Å². The molecule has 3 heteroatoms. The first kappa shape index (κ1) is 39.5. The number of hydrogen-bond donors (Lipinski definition) is 1. The van der Waals surface area contributed by atoms with Gasteiger partial charge in [0.2, 0.25) is 0 Å². The standard InChI is InChI=1S/C10H15.3C6H5.C2H4O2.2CH3.Ti/c1-7-6-10(4,5)9(3)8(7)2;3*1-2-4-6-5-3-1;1-2(3)4;;;/h1-5H3;3*1-5H;1H3,(H,3,4);2*1H3;/q4*-1;;2*-1;. The van der Waals surface area contributed by atoms with E-state index >= 15 is 0 Å². The number of rotatable bonds is 0. The third-order valence-corrected chi connectivity index (χ3v) is 4.38. The first-order valence-electron chi connectivity index (χ1n) is 10.4. The number of carboxylic acids is 1. The van der Waals surface area contributed by atoms with E-state index in [9.17, 15) is 0 Å². The maximum atomic E-state index is 9.00. The quantitative estimate of drug-likeness (QED) is 0.246. The molecule has 0 radical (unpaired) electrons. The Bertz CT molecular complexity index is 741. The average molecular weight is 505 g/mol. The van der Waals surface area contributed by atoms with Gasteiger partial charge in [0, 0.05) is 28.6 Å². The van der Waals surface area contributed by atoms with Crippen LogP contribution in [0.3, 0.4) is 0 Å². The summed E-state index contributed by atoms with van der Waals surface area (Å²) < 4.78 is 0. The molecule has 3 aromatic rings. The van der Waals surface area contributed by atoms with Crippen LogP contribution in [0.4, 0.5) is 0 Å². The van der Waals surface area contributed by atoms with Gasteiger partial charge >= 0.3 is 0 Å². The molecule has 4 rings (SSSR count). The summed E-state index contributed by atoms with van der Waals surface area (Å²) in [6, 6.07) is 37.5. The number of allylic oxidation sites excluding steroid dienone is 4. The van der Waals surface area contributed by atoms with Crippen molar-refractivity contribution in [2.75, 3.05) is 0 Å². The Hall–Kier alpha value is -2.68. The number of benzene rings is 3. The largest absolute Gasteiger partial charge is 0.481 e. The molecule has 1 aliphatic rings. The van der Waals surface area contributed by atoms with Gasteiger partial charge in [-0.15, -0.1) is 6.92 Å². The van der Waals surface area contributed by atoms with Crippen molar-refractivity contribution in [2.45, 2.75) is 41.5 Å². The molecule has 1 N–H and O–H groups in total. The minimum atomic E-state index is -0.833. The van der Waals surface area contributed by atoms with Crippen LogP contribution in [0, 0.1) is 44.5 Å². The molecule has 0 aliphatic heterocycles. The van der Waals surface area contributed by atoms with Gasteiger partial charge in [0.15, 0.2) is 0 Å². The zero-order valence-corrected chi connectivity index (χ0v) is 24.1. The fourth-order valence-corrected chi connectivity index (χ4v) is 2.43. The molecule has 35 heavy (non-hydrogen) atoms. The van der Waals surface area contributed by atoms with Crippen LogP contribution >= 0.6 is 0 Å². The van der Waals surface area contributed by atoms with E-state index in [1.54, 1.807) is 0 Å². The van der Waals surface area contributed by atoms with Crippen LogP contribution in [0.15, 0.2) is 108 Å². The molecule has 0 bridgehead atoms. The van der Waals surface area contributed by atoms with Crippen molar-refractivity contribution in [3.8, 4) is 0 Å². The van der Waals surface area contributed by atoms with Crippen molar-refractivity contribution < 1.29 is 31.6 Å². The van der Waals surface area contributed by atoms with Gasteiger partial charge < -0.3 is 20.0 Å². The molecule has 0 saturated heterocycles. The Balaban J connectivity index is -0.000000173. The van der Waals surface area contributed by atoms with E-state index in [4.69, 9.17) is 9.90 Å². The third-order valence-electron chi connectivity index (χ3n) is 4.38. The Morgan fingerprint density at radius 1 is 0.686 bits per heavy atom. The second kappa shape index (κ2) is 24.4. The second-order valence-electron chi connectivity index (χ2n) is 7.38. The van der Waals surface area contributed by atoms with Gasteiger partial charge in [0.25, 0.3) is 5.97 Å². The Kier molecular flexibility index (Phi) is 27.6. The summed E-state index contributed by atoms with van der Waals surface area (Å²) in [7, 11) is 0. The molecule has 2 nitrogen and oxygen atoms in total. The van der Waals surface area contributed by atoms with E-state index in [2.05, 4.69) is 58.9 Å². The predicted molar refractivity (Wildman–Crippen MR) is 147 cm³/mol. The summed E-state index contributed by atoms with van der Waals surface area (Å²) in [6.07, 6.45) is 3.44. The molecule has 3 aromatic carbocycles. The number of hydrogen-bond acceptors (Lipinski definition) is 1. The van der Waals surface area contributed by atoms with E-state index in [1.165, 1.54) is 16.7 Å². The van der Waals surface area contributed by atoms with Gasteiger partial charge in [-0.1, -0.05) is 33.1 Å². The monoisotopic (exact) mass is 504 g/mol. The molecule has 1 aliphatic carbocycles. The molecule has 0 spiro atoms. The van der Waals surface area contributed by atoms with E-state index < -0.39 is 5.97 Å². The number of carboxylic acid groups (broad SMARTS) is 1. The van der Waals surface area contributed by atoms with E-state index in [0.29, 0.717) is 0 Å². The van der Waals surface area contributed by atoms with Crippen molar-refractivity contribution in [1.82, 2.24) is 0 Å². The first-order chi connectivity index (χ1) is 15.2. The first-order valence-corrected chi connectivity index (χ1v) is 10.4. The van der Waals surface area contributed by atoms with Gasteiger partial charge in [-0.3, -0.25) is 10.9 Å². The molecular formula is C32H40O2Ti-6. The maximum absolute atomic E-state index is 9.00. The molecule has 0 amide bonds. The van der Waals surface area contributed by atoms with Gasteiger partial charge in [0.1, 0.15) is 0 Å². The fourth-order valence-electron chi connectivity index (χ4n) is 2.43. The van der Waals surface area contributed by atoms with Gasteiger partial charge in [-0.2, -0.15) is 120 Å². The van der Waals surface area contributed by atoms with Crippen LogP contribution in [-0.4, -0.2) is 11.1 Å². The van der Waals surface area contributed by atoms with Crippen molar-refractivity contribution in [2.24, 2.45) is 5.41 Å². The van der Waals surface area contributed by atoms with Crippen LogP contribution in [0.5, 0.6) is 0 Å². The predicted octanol–water partition coefficient (Wildman–Crippen LogP) is 8.56. The fraction of sp³-hybridized carbons (Fsp3) is 0.219. The zero-order valence-electron chi connectivity index (χ0n) is 22.5. The van der Waals surface area contributed by atoms with Crippen LogP contribution in [0.1, 0.15) is 41.5 Å². The van der Waals surface area contributed by atoms with E-state index in [0.717, 1.165) is 6.92 Å². The smallest absolute Gasteiger partial charge is 0.300 e. The van der Waals surface area contributed by atoms with E-state index in [1.807, 2.05) is 91.0 Å². The van der Waals surface area contributed by atoms with Gasteiger partial charge in [-0.05, 0) is 0 Å². The Morgan fingerprint density at radius 2 is 0.943 bits per heavy atom. The molecule has 0 unspecified atom stereocenters. The summed E-state index contributed by atoms with van der Waals surface area (Å²) in [4.78, 5) is 9.00. The van der Waals surface area contributed by atoms with E-state index in [-0.39, 0.29) is 42.0 Å². The van der Waals surface area contributed by atoms with Crippen molar-refractivity contribution in [3.05, 3.63) is 147 Å². The zero-order chi connectivity index (χ0) is 24.2. The van der Waals surface area contributed by atoms with Crippen molar-refractivity contribution in [3.63, 3.8) is 0 Å². The topological polar surface area (TPSA) is 37.3 Å². The molecule has 190 valence electrons. The van der Waals surface area contributed by atoms with Gasteiger partial charge in [0.05, 0.1) is 0 Å². The van der Waals surface area contributed by atoms with Crippen molar-refractivity contribution in [1.29, 1.82) is 0 Å². The summed E-state index contributed by atoms with van der Waals surface area (Å²) in [6.45, 7) is 12.0. The molecular weight excluding hydrogens is 464 g/mol. The molecule has 0 heterocycles. The molecule has 0 aromatic heterocycles. The molecule has 0 fully saturated rings. The Labute approximate surface area is 230 Å². The average Bonchev–Trinajstić information content (AvgIpc) is 2.99. The van der Waals surface area contributed by atoms with Crippen LogP contribution in [0.2, 0.25) is 0 Å². The summed E-state index contributed by atoms with van der Waals surface area (Å²) in [5.74, 6) is -0.833. The molecule has 0 atom stereocenters. The summed E-state index contributed by atoms with van der Waals surface area (Å²) in [5, 5.41) is 7.42. The maximum Gasteiger partial charge on any atom is 0.300 e. The van der Waals surface area contributed by atoms with Crippen molar-refractivity contribution >= 4 is 5.97 Å². The molecule has 0 saturated carbocycles.